The Bertz CT molecular complexity index is 831. The largest absolute Gasteiger partial charge is 0.383 e. The van der Waals surface area contributed by atoms with Crippen LogP contribution in [0.25, 0.3) is 11.4 Å². The summed E-state index contributed by atoms with van der Waals surface area (Å²) in [7, 11) is 0. The molecule has 0 atom stereocenters. The molecule has 0 radical (unpaired) electrons. The number of anilines is 2. The normalized spacial score (nSPS) is 10.3. The molecule has 3 aromatic rings. The molecule has 2 aromatic heterocycles. The van der Waals surface area contributed by atoms with Crippen LogP contribution in [-0.2, 0) is 0 Å². The fraction of sp³-hybridized carbons (Fsp3) is 0.0588. The number of nitrogen functional groups attached to an aromatic ring is 1. The van der Waals surface area contributed by atoms with Gasteiger partial charge in [-0.15, -0.1) is 0 Å². The van der Waals surface area contributed by atoms with Crippen molar-refractivity contribution in [2.24, 2.45) is 0 Å². The maximum Gasteiger partial charge on any atom is 0.260 e. The molecule has 114 valence electrons. The molecule has 0 aliphatic heterocycles. The molecular weight excluding hydrogens is 290 g/mol. The van der Waals surface area contributed by atoms with Crippen molar-refractivity contribution in [1.29, 1.82) is 0 Å². The summed E-state index contributed by atoms with van der Waals surface area (Å²) < 4.78 is 0. The number of pyridine rings is 1. The van der Waals surface area contributed by atoms with E-state index in [2.05, 4.69) is 20.3 Å². The van der Waals surface area contributed by atoms with E-state index in [-0.39, 0.29) is 17.3 Å². The van der Waals surface area contributed by atoms with E-state index in [0.717, 1.165) is 11.1 Å². The smallest absolute Gasteiger partial charge is 0.260 e. The van der Waals surface area contributed by atoms with Gasteiger partial charge in [0, 0.05) is 29.8 Å². The minimum Gasteiger partial charge on any atom is -0.383 e. The average molecular weight is 305 g/mol. The van der Waals surface area contributed by atoms with Crippen LogP contribution in [0.15, 0.2) is 55.0 Å². The summed E-state index contributed by atoms with van der Waals surface area (Å²) in [4.78, 5) is 24.7. The van der Waals surface area contributed by atoms with E-state index in [9.17, 15) is 4.79 Å². The third kappa shape index (κ3) is 3.32. The van der Waals surface area contributed by atoms with Gasteiger partial charge in [-0.2, -0.15) is 0 Å². The van der Waals surface area contributed by atoms with E-state index in [1.54, 1.807) is 18.5 Å². The topological polar surface area (TPSA) is 93.8 Å². The van der Waals surface area contributed by atoms with Crippen LogP contribution in [0, 0.1) is 6.92 Å². The molecule has 0 saturated heterocycles. The second-order valence-electron chi connectivity index (χ2n) is 5.05. The van der Waals surface area contributed by atoms with Crippen molar-refractivity contribution >= 4 is 17.4 Å². The highest BCUT2D eigenvalue weighted by molar-refractivity contribution is 6.07. The monoisotopic (exact) mass is 305 g/mol. The molecule has 1 aromatic carbocycles. The van der Waals surface area contributed by atoms with Crippen molar-refractivity contribution in [1.82, 2.24) is 15.0 Å². The number of rotatable bonds is 3. The molecule has 23 heavy (non-hydrogen) atoms. The van der Waals surface area contributed by atoms with Gasteiger partial charge in [0.15, 0.2) is 5.82 Å². The second kappa shape index (κ2) is 6.23. The fourth-order valence-corrected chi connectivity index (χ4v) is 2.04. The second-order valence-corrected chi connectivity index (χ2v) is 5.05. The Morgan fingerprint density at radius 3 is 2.57 bits per heavy atom. The highest BCUT2D eigenvalue weighted by Gasteiger charge is 2.13. The number of nitrogens with two attached hydrogens (primary N) is 1. The maximum absolute atomic E-state index is 12.3. The van der Waals surface area contributed by atoms with Gasteiger partial charge in [-0.3, -0.25) is 9.78 Å². The van der Waals surface area contributed by atoms with Crippen molar-refractivity contribution in [2.75, 3.05) is 11.1 Å². The third-order valence-electron chi connectivity index (χ3n) is 3.29. The van der Waals surface area contributed by atoms with Crippen LogP contribution < -0.4 is 11.1 Å². The molecule has 3 N–H and O–H groups in total. The highest BCUT2D eigenvalue weighted by Crippen LogP contribution is 2.18. The molecule has 2 heterocycles. The fourth-order valence-electron chi connectivity index (χ4n) is 2.04. The van der Waals surface area contributed by atoms with Crippen LogP contribution in [0.5, 0.6) is 0 Å². The lowest BCUT2D eigenvalue weighted by atomic mass is 10.2. The van der Waals surface area contributed by atoms with E-state index in [1.165, 1.54) is 6.20 Å². The summed E-state index contributed by atoms with van der Waals surface area (Å²) in [5.41, 5.74) is 8.69. The van der Waals surface area contributed by atoms with Crippen LogP contribution >= 0.6 is 0 Å². The minimum absolute atomic E-state index is 0.128. The van der Waals surface area contributed by atoms with Crippen LogP contribution in [0.3, 0.4) is 0 Å². The minimum atomic E-state index is -0.343. The third-order valence-corrected chi connectivity index (χ3v) is 3.29. The van der Waals surface area contributed by atoms with Crippen LogP contribution in [-0.4, -0.2) is 20.9 Å². The molecule has 0 bridgehead atoms. The molecule has 0 spiro atoms. The van der Waals surface area contributed by atoms with Gasteiger partial charge in [-0.05, 0) is 31.2 Å². The van der Waals surface area contributed by atoms with Gasteiger partial charge in [0.2, 0.25) is 0 Å². The molecule has 0 aliphatic carbocycles. The molecule has 3 rings (SSSR count). The van der Waals surface area contributed by atoms with Gasteiger partial charge >= 0.3 is 0 Å². The molecule has 6 heteroatoms. The highest BCUT2D eigenvalue weighted by atomic mass is 16.1. The van der Waals surface area contributed by atoms with Crippen molar-refractivity contribution < 1.29 is 4.79 Å². The molecule has 0 unspecified atom stereocenters. The van der Waals surface area contributed by atoms with Crippen molar-refractivity contribution in [3.8, 4) is 11.4 Å². The molecular formula is C17H15N5O. The number of nitrogens with zero attached hydrogens (tertiary/aromatic N) is 3. The lowest BCUT2D eigenvalue weighted by Gasteiger charge is -2.08. The summed E-state index contributed by atoms with van der Waals surface area (Å²) in [5, 5.41) is 2.77. The number of benzene rings is 1. The van der Waals surface area contributed by atoms with Gasteiger partial charge in [-0.1, -0.05) is 17.7 Å². The van der Waals surface area contributed by atoms with Gasteiger partial charge in [-0.25, -0.2) is 9.97 Å². The maximum atomic E-state index is 12.3. The quantitative estimate of drug-likeness (QED) is 0.776. The predicted molar refractivity (Wildman–Crippen MR) is 88.8 cm³/mol. The summed E-state index contributed by atoms with van der Waals surface area (Å²) in [6.07, 6.45) is 4.73. The Balaban J connectivity index is 1.83. The first-order valence-corrected chi connectivity index (χ1v) is 7.04. The Hall–Kier alpha value is -3.28. The van der Waals surface area contributed by atoms with Crippen LogP contribution in [0.4, 0.5) is 11.5 Å². The summed E-state index contributed by atoms with van der Waals surface area (Å²) in [6, 6.07) is 11.1. The zero-order valence-corrected chi connectivity index (χ0v) is 12.5. The van der Waals surface area contributed by atoms with Gasteiger partial charge in [0.1, 0.15) is 11.4 Å². The van der Waals surface area contributed by atoms with Crippen molar-refractivity contribution in [2.45, 2.75) is 6.92 Å². The zero-order chi connectivity index (χ0) is 16.2. The van der Waals surface area contributed by atoms with Crippen LogP contribution in [0.2, 0.25) is 0 Å². The Kier molecular flexibility index (Phi) is 3.97. The molecule has 6 nitrogen and oxygen atoms in total. The Labute approximate surface area is 133 Å². The number of aromatic nitrogens is 3. The SMILES string of the molecule is Cc1ccc(NC(=O)c2cnc(-c3cccnc3)nc2N)cc1. The van der Waals surface area contributed by atoms with Crippen molar-refractivity contribution in [3.05, 3.63) is 66.1 Å². The number of amides is 1. The zero-order valence-electron chi connectivity index (χ0n) is 12.5. The van der Waals surface area contributed by atoms with E-state index < -0.39 is 0 Å². The number of carbonyl (C=O) groups excluding carboxylic acids is 1. The van der Waals surface area contributed by atoms with Crippen molar-refractivity contribution in [3.63, 3.8) is 0 Å². The number of carbonyl (C=O) groups is 1. The summed E-state index contributed by atoms with van der Waals surface area (Å²) >= 11 is 0. The summed E-state index contributed by atoms with van der Waals surface area (Å²) in [5.74, 6) is 0.218. The van der Waals surface area contributed by atoms with E-state index in [0.29, 0.717) is 11.5 Å². The standard InChI is InChI=1S/C17H15N5O/c1-11-4-6-13(7-5-11)21-17(23)14-10-20-16(22-15(14)18)12-3-2-8-19-9-12/h2-10H,1H3,(H,21,23)(H2,18,20,22). The number of hydrogen-bond donors (Lipinski definition) is 2. The lowest BCUT2D eigenvalue weighted by molar-refractivity contribution is 0.102. The van der Waals surface area contributed by atoms with Gasteiger partial charge in [0.25, 0.3) is 5.91 Å². The Morgan fingerprint density at radius 2 is 1.91 bits per heavy atom. The molecule has 0 fully saturated rings. The first kappa shape index (κ1) is 14.6. The van der Waals surface area contributed by atoms with E-state index in [1.807, 2.05) is 37.3 Å². The average Bonchev–Trinajstić information content (AvgIpc) is 2.57. The number of aryl methyl sites for hydroxylation is 1. The molecule has 0 saturated carbocycles. The van der Waals surface area contributed by atoms with E-state index in [4.69, 9.17) is 5.73 Å². The van der Waals surface area contributed by atoms with Crippen LogP contribution in [0.1, 0.15) is 15.9 Å². The van der Waals surface area contributed by atoms with Gasteiger partial charge < -0.3 is 11.1 Å². The number of hydrogen-bond acceptors (Lipinski definition) is 5. The summed E-state index contributed by atoms with van der Waals surface area (Å²) in [6.45, 7) is 1.98. The lowest BCUT2D eigenvalue weighted by Crippen LogP contribution is -2.15. The van der Waals surface area contributed by atoms with Gasteiger partial charge in [0.05, 0.1) is 0 Å². The van der Waals surface area contributed by atoms with E-state index >= 15 is 0 Å². The predicted octanol–water partition coefficient (Wildman–Crippen LogP) is 2.68. The molecule has 1 amide bonds. The first-order chi connectivity index (χ1) is 11.1. The first-order valence-electron chi connectivity index (χ1n) is 7.04. The Morgan fingerprint density at radius 1 is 1.13 bits per heavy atom. The number of nitrogens with one attached hydrogen (secondary N) is 1. The molecule has 0 aliphatic rings.